The largest absolute Gasteiger partial charge is 0.445 e. The fourth-order valence-corrected chi connectivity index (χ4v) is 2.97. The van der Waals surface area contributed by atoms with Gasteiger partial charge in [-0.3, -0.25) is 9.59 Å². The quantitative estimate of drug-likeness (QED) is 0.782. The van der Waals surface area contributed by atoms with E-state index in [9.17, 15) is 14.7 Å². The molecule has 2 aromatic rings. The Morgan fingerprint density at radius 1 is 1.33 bits per heavy atom. The van der Waals surface area contributed by atoms with E-state index in [1.54, 1.807) is 18.3 Å². The molecule has 2 amide bonds. The first-order valence-electron chi connectivity index (χ1n) is 9.05. The van der Waals surface area contributed by atoms with Crippen LogP contribution in [0.2, 0.25) is 0 Å². The fraction of sp³-hybridized carbons (Fsp3) is 0.450. The molecule has 3 rings (SSSR count). The smallest absolute Gasteiger partial charge is 0.268 e. The number of benzene rings is 1. The van der Waals surface area contributed by atoms with Gasteiger partial charge in [-0.2, -0.15) is 0 Å². The second kappa shape index (κ2) is 7.15. The highest BCUT2D eigenvalue weighted by atomic mass is 16.4. The minimum atomic E-state index is -2.04. The van der Waals surface area contributed by atoms with Gasteiger partial charge in [-0.05, 0) is 12.1 Å². The number of hydrogen-bond acceptors (Lipinski definition) is 5. The summed E-state index contributed by atoms with van der Waals surface area (Å²) in [7, 11) is 0. The van der Waals surface area contributed by atoms with Gasteiger partial charge >= 0.3 is 0 Å². The number of aromatic nitrogens is 1. The molecule has 1 atom stereocenters. The first-order valence-corrected chi connectivity index (χ1v) is 9.05. The van der Waals surface area contributed by atoms with E-state index in [1.165, 1.54) is 4.90 Å². The summed E-state index contributed by atoms with van der Waals surface area (Å²) in [6, 6.07) is 9.01. The highest BCUT2D eigenvalue weighted by Gasteiger charge is 2.51. The van der Waals surface area contributed by atoms with E-state index in [0.29, 0.717) is 24.5 Å². The number of nitrogens with zero attached hydrogens (tertiary/aromatic N) is 2. The van der Waals surface area contributed by atoms with Gasteiger partial charge in [-0.25, -0.2) is 4.98 Å². The summed E-state index contributed by atoms with van der Waals surface area (Å²) in [5.41, 5.74) is -1.51. The molecule has 1 aromatic heterocycles. The van der Waals surface area contributed by atoms with Crippen molar-refractivity contribution in [1.29, 1.82) is 0 Å². The summed E-state index contributed by atoms with van der Waals surface area (Å²) < 4.78 is 5.68. The molecule has 0 radical (unpaired) electrons. The number of carbonyl (C=O) groups excluding carboxylic acids is 2. The Bertz CT molecular complexity index is 825. The van der Waals surface area contributed by atoms with E-state index in [0.717, 1.165) is 5.76 Å². The number of nitrogens with one attached hydrogen (secondary N) is 1. The number of rotatable bonds is 5. The Labute approximate surface area is 158 Å². The second-order valence-electron chi connectivity index (χ2n) is 7.78. The molecule has 7 heteroatoms. The van der Waals surface area contributed by atoms with Crippen LogP contribution in [0.1, 0.15) is 38.8 Å². The van der Waals surface area contributed by atoms with Gasteiger partial charge < -0.3 is 19.7 Å². The standard InChI is InChI=1S/C20H25N3O4/c1-19(2,3)15-13-22-16(27-15)9-11-21-17(24)20(26)10-12-23(18(20)25)14-7-5-4-6-8-14/h4-8,13,26H,9-12H2,1-3H3,(H,21,24)/t20-/m0/s1. The predicted molar refractivity (Wildman–Crippen MR) is 100 cm³/mol. The molecule has 0 saturated carbocycles. The van der Waals surface area contributed by atoms with Gasteiger partial charge in [0, 0.05) is 37.0 Å². The second-order valence-corrected chi connectivity index (χ2v) is 7.78. The van der Waals surface area contributed by atoms with Crippen molar-refractivity contribution in [2.75, 3.05) is 18.0 Å². The zero-order chi connectivity index (χ0) is 19.7. The van der Waals surface area contributed by atoms with E-state index in [2.05, 4.69) is 10.3 Å². The van der Waals surface area contributed by atoms with Crippen LogP contribution in [0.5, 0.6) is 0 Å². The zero-order valence-corrected chi connectivity index (χ0v) is 15.9. The van der Waals surface area contributed by atoms with Crippen LogP contribution in [-0.4, -0.2) is 40.6 Å². The Morgan fingerprint density at radius 2 is 2.04 bits per heavy atom. The number of aliphatic hydroxyl groups is 1. The Balaban J connectivity index is 1.58. The predicted octanol–water partition coefficient (Wildman–Crippen LogP) is 1.80. The summed E-state index contributed by atoms with van der Waals surface area (Å²) in [4.78, 5) is 30.7. The molecule has 7 nitrogen and oxygen atoms in total. The molecule has 144 valence electrons. The SMILES string of the molecule is CC(C)(C)c1cnc(CCNC(=O)[C@@]2(O)CCN(c3ccccc3)C2=O)o1. The molecule has 0 spiro atoms. The number of anilines is 1. The monoisotopic (exact) mass is 371 g/mol. The van der Waals surface area contributed by atoms with Crippen LogP contribution < -0.4 is 10.2 Å². The van der Waals surface area contributed by atoms with E-state index in [4.69, 9.17) is 4.42 Å². The van der Waals surface area contributed by atoms with Crippen molar-refractivity contribution < 1.29 is 19.1 Å². The summed E-state index contributed by atoms with van der Waals surface area (Å²) in [6.07, 6.45) is 2.12. The molecule has 1 saturated heterocycles. The zero-order valence-electron chi connectivity index (χ0n) is 15.9. The highest BCUT2D eigenvalue weighted by molar-refractivity contribution is 6.16. The van der Waals surface area contributed by atoms with E-state index in [1.807, 2.05) is 39.0 Å². The maximum atomic E-state index is 12.6. The van der Waals surface area contributed by atoms with Crippen molar-refractivity contribution in [2.45, 2.75) is 44.6 Å². The van der Waals surface area contributed by atoms with Crippen LogP contribution in [0.4, 0.5) is 5.69 Å². The summed E-state index contributed by atoms with van der Waals surface area (Å²) in [5, 5.41) is 13.3. The van der Waals surface area contributed by atoms with Crippen LogP contribution in [-0.2, 0) is 21.4 Å². The van der Waals surface area contributed by atoms with E-state index in [-0.39, 0.29) is 18.4 Å². The van der Waals surface area contributed by atoms with Crippen LogP contribution in [0.15, 0.2) is 40.9 Å². The van der Waals surface area contributed by atoms with Crippen molar-refractivity contribution in [2.24, 2.45) is 0 Å². The molecule has 1 aliphatic heterocycles. The van der Waals surface area contributed by atoms with Crippen LogP contribution >= 0.6 is 0 Å². The average Bonchev–Trinajstić information content (AvgIpc) is 3.22. The van der Waals surface area contributed by atoms with E-state index >= 15 is 0 Å². The lowest BCUT2D eigenvalue weighted by molar-refractivity contribution is -0.149. The van der Waals surface area contributed by atoms with Gasteiger partial charge in [0.1, 0.15) is 5.76 Å². The van der Waals surface area contributed by atoms with Gasteiger partial charge in [0.05, 0.1) is 6.20 Å². The fourth-order valence-electron chi connectivity index (χ4n) is 2.97. The molecule has 1 aromatic carbocycles. The minimum Gasteiger partial charge on any atom is -0.445 e. The summed E-state index contributed by atoms with van der Waals surface area (Å²) >= 11 is 0. The average molecular weight is 371 g/mol. The summed E-state index contributed by atoms with van der Waals surface area (Å²) in [6.45, 7) is 6.60. The lowest BCUT2D eigenvalue weighted by Crippen LogP contribution is -2.52. The Morgan fingerprint density at radius 3 is 2.67 bits per heavy atom. The molecule has 2 N–H and O–H groups in total. The molecule has 0 aliphatic carbocycles. The number of para-hydroxylation sites is 1. The van der Waals surface area contributed by atoms with Crippen LogP contribution in [0.3, 0.4) is 0 Å². The lowest BCUT2D eigenvalue weighted by Gasteiger charge is -2.21. The third-order valence-electron chi connectivity index (χ3n) is 4.66. The third kappa shape index (κ3) is 3.88. The maximum Gasteiger partial charge on any atom is 0.268 e. The molecule has 1 aliphatic rings. The topological polar surface area (TPSA) is 95.7 Å². The van der Waals surface area contributed by atoms with Gasteiger partial charge in [0.2, 0.25) is 5.60 Å². The number of carbonyl (C=O) groups is 2. The Hall–Kier alpha value is -2.67. The molecule has 0 bridgehead atoms. The van der Waals surface area contributed by atoms with Gasteiger partial charge in [-0.15, -0.1) is 0 Å². The number of oxazole rings is 1. The van der Waals surface area contributed by atoms with Crippen molar-refractivity contribution >= 4 is 17.5 Å². The number of hydrogen-bond donors (Lipinski definition) is 2. The highest BCUT2D eigenvalue weighted by Crippen LogP contribution is 2.28. The third-order valence-corrected chi connectivity index (χ3v) is 4.66. The van der Waals surface area contributed by atoms with Gasteiger partial charge in [0.25, 0.3) is 11.8 Å². The van der Waals surface area contributed by atoms with Crippen LogP contribution in [0.25, 0.3) is 0 Å². The summed E-state index contributed by atoms with van der Waals surface area (Å²) in [5.74, 6) is -0.00585. The first-order chi connectivity index (χ1) is 12.7. The van der Waals surface area contributed by atoms with Gasteiger partial charge in [0.15, 0.2) is 5.89 Å². The van der Waals surface area contributed by atoms with Crippen molar-refractivity contribution in [1.82, 2.24) is 10.3 Å². The van der Waals surface area contributed by atoms with E-state index < -0.39 is 17.4 Å². The molecule has 0 unspecified atom stereocenters. The molecule has 2 heterocycles. The maximum absolute atomic E-state index is 12.6. The first kappa shape index (κ1) is 19.1. The molecule has 1 fully saturated rings. The minimum absolute atomic E-state index is 0.0553. The lowest BCUT2D eigenvalue weighted by atomic mass is 9.94. The van der Waals surface area contributed by atoms with Crippen molar-refractivity contribution in [3.8, 4) is 0 Å². The Kier molecular flexibility index (Phi) is 5.06. The van der Waals surface area contributed by atoms with Crippen molar-refractivity contribution in [3.63, 3.8) is 0 Å². The van der Waals surface area contributed by atoms with Crippen molar-refractivity contribution in [3.05, 3.63) is 48.2 Å². The molecular weight excluding hydrogens is 346 g/mol. The van der Waals surface area contributed by atoms with Crippen LogP contribution in [0, 0.1) is 0 Å². The number of amides is 2. The molecular formula is C20H25N3O4. The molecule has 27 heavy (non-hydrogen) atoms. The normalized spacial score (nSPS) is 20.1. The van der Waals surface area contributed by atoms with Gasteiger partial charge in [-0.1, -0.05) is 39.0 Å².